The number of anilines is 2. The summed E-state index contributed by atoms with van der Waals surface area (Å²) in [5, 5.41) is 11.6. The van der Waals surface area contributed by atoms with Crippen LogP contribution in [0.2, 0.25) is 0 Å². The highest BCUT2D eigenvalue weighted by Gasteiger charge is 2.35. The number of benzene rings is 3. The van der Waals surface area contributed by atoms with Crippen molar-refractivity contribution in [3.8, 4) is 34.9 Å². The van der Waals surface area contributed by atoms with E-state index in [0.29, 0.717) is 28.6 Å². The zero-order chi connectivity index (χ0) is 24.0. The fourth-order valence-corrected chi connectivity index (χ4v) is 4.56. The van der Waals surface area contributed by atoms with Crippen molar-refractivity contribution in [1.29, 1.82) is 5.26 Å². The predicted molar refractivity (Wildman–Crippen MR) is 129 cm³/mol. The van der Waals surface area contributed by atoms with Gasteiger partial charge in [0.15, 0.2) is 11.5 Å². The lowest BCUT2D eigenvalue weighted by Crippen LogP contribution is -2.17. The average molecular weight is 454 g/mol. The second-order valence-electron chi connectivity index (χ2n) is 7.82. The molecule has 0 bridgehead atoms. The molecule has 2 heterocycles. The number of ether oxygens (including phenoxy) is 4. The Kier molecular flexibility index (Phi) is 5.02. The highest BCUT2D eigenvalue weighted by molar-refractivity contribution is 5.92. The summed E-state index contributed by atoms with van der Waals surface area (Å²) in [5.74, 6) is 1.96. The van der Waals surface area contributed by atoms with Crippen LogP contribution in [0.25, 0.3) is 10.8 Å². The van der Waals surface area contributed by atoms with Gasteiger partial charge in [-0.3, -0.25) is 0 Å². The van der Waals surface area contributed by atoms with Gasteiger partial charge in [0.1, 0.15) is 23.2 Å². The summed E-state index contributed by atoms with van der Waals surface area (Å²) in [6, 6.07) is 17.7. The van der Waals surface area contributed by atoms with E-state index in [1.54, 1.807) is 21.3 Å². The summed E-state index contributed by atoms with van der Waals surface area (Å²) in [6.45, 7) is 0. The fraction of sp³-hybridized carbons (Fsp3) is 0.154. The van der Waals surface area contributed by atoms with E-state index in [-0.39, 0.29) is 22.9 Å². The number of aromatic nitrogens is 1. The number of rotatable bonds is 4. The Bertz CT molecular complexity index is 1470. The molecule has 1 aliphatic rings. The topological polar surface area (TPSA) is 126 Å². The number of nitrogens with zero attached hydrogens (tertiary/aromatic N) is 2. The Hall–Kier alpha value is -4.64. The van der Waals surface area contributed by atoms with Gasteiger partial charge in [-0.1, -0.05) is 36.4 Å². The first-order valence-corrected chi connectivity index (χ1v) is 10.5. The molecule has 4 aromatic rings. The smallest absolute Gasteiger partial charge is 0.227 e. The molecular weight excluding hydrogens is 432 g/mol. The van der Waals surface area contributed by atoms with Crippen LogP contribution < -0.4 is 30.4 Å². The van der Waals surface area contributed by atoms with E-state index in [1.165, 1.54) is 0 Å². The van der Waals surface area contributed by atoms with E-state index in [0.717, 1.165) is 21.9 Å². The van der Waals surface area contributed by atoms with Crippen LogP contribution in [0.15, 0.2) is 48.5 Å². The van der Waals surface area contributed by atoms with Crippen molar-refractivity contribution in [2.75, 3.05) is 32.8 Å². The second kappa shape index (κ2) is 8.05. The molecule has 0 amide bonds. The van der Waals surface area contributed by atoms with Gasteiger partial charge in [0.05, 0.1) is 32.6 Å². The monoisotopic (exact) mass is 454 g/mol. The van der Waals surface area contributed by atoms with E-state index in [4.69, 9.17) is 30.4 Å². The summed E-state index contributed by atoms with van der Waals surface area (Å²) < 4.78 is 23.0. The minimum atomic E-state index is -0.433. The lowest BCUT2D eigenvalue weighted by molar-refractivity contribution is 0.323. The molecule has 0 unspecified atom stereocenters. The molecule has 0 aliphatic carbocycles. The van der Waals surface area contributed by atoms with E-state index < -0.39 is 5.92 Å². The molecule has 8 heteroatoms. The number of pyridine rings is 1. The third kappa shape index (κ3) is 3.02. The number of nitriles is 1. The standard InChI is InChI=1S/C26H22N4O4/c1-31-18-10-14(11-19(32-2)24(18)33-3)20-16-9-8-13-6-4-5-7-15(13)23(16)34-26-21(20)22(28)17(12-27)25(29)30-26/h4-11,20H,1-3H3,(H4,28,29,30)/t20-/m1/s1. The minimum Gasteiger partial charge on any atom is -0.493 e. The van der Waals surface area contributed by atoms with Crippen LogP contribution in [0.5, 0.6) is 28.9 Å². The van der Waals surface area contributed by atoms with Gasteiger partial charge in [-0.2, -0.15) is 10.2 Å². The Balaban J connectivity index is 1.88. The zero-order valence-electron chi connectivity index (χ0n) is 18.9. The molecular formula is C26H22N4O4. The Morgan fingerprint density at radius 2 is 1.68 bits per heavy atom. The van der Waals surface area contributed by atoms with E-state index >= 15 is 0 Å². The van der Waals surface area contributed by atoms with Gasteiger partial charge in [0.2, 0.25) is 11.6 Å². The van der Waals surface area contributed by atoms with Gasteiger partial charge >= 0.3 is 0 Å². The van der Waals surface area contributed by atoms with Gasteiger partial charge < -0.3 is 30.4 Å². The molecule has 0 radical (unpaired) electrons. The number of nitrogens with two attached hydrogens (primary N) is 2. The molecule has 1 aliphatic heterocycles. The van der Waals surface area contributed by atoms with Crippen LogP contribution in [0.4, 0.5) is 11.5 Å². The van der Waals surface area contributed by atoms with Crippen molar-refractivity contribution in [2.45, 2.75) is 5.92 Å². The highest BCUT2D eigenvalue weighted by atomic mass is 16.5. The second-order valence-corrected chi connectivity index (χ2v) is 7.82. The predicted octanol–water partition coefficient (Wildman–Crippen LogP) is 4.58. The summed E-state index contributed by atoms with van der Waals surface area (Å²) in [6.07, 6.45) is 0. The van der Waals surface area contributed by atoms with Gasteiger partial charge in [-0.15, -0.1) is 0 Å². The van der Waals surface area contributed by atoms with Gasteiger partial charge in [0, 0.05) is 16.9 Å². The highest BCUT2D eigenvalue weighted by Crippen LogP contribution is 2.53. The Labute approximate surface area is 196 Å². The SMILES string of the molecule is COc1cc([C@@H]2c3ccc4ccccc4c3Oc3nc(N)c(C#N)c(N)c32)cc(OC)c1OC. The number of methoxy groups -OCH3 is 3. The van der Waals surface area contributed by atoms with Crippen LogP contribution in [0.1, 0.15) is 28.2 Å². The van der Waals surface area contributed by atoms with Gasteiger partial charge in [-0.05, 0) is 23.1 Å². The maximum Gasteiger partial charge on any atom is 0.227 e. The molecule has 170 valence electrons. The first-order valence-electron chi connectivity index (χ1n) is 10.5. The maximum absolute atomic E-state index is 9.68. The first-order chi connectivity index (χ1) is 16.5. The van der Waals surface area contributed by atoms with E-state index in [1.807, 2.05) is 48.5 Å². The number of hydrogen-bond donors (Lipinski definition) is 2. The molecule has 1 atom stereocenters. The molecule has 34 heavy (non-hydrogen) atoms. The van der Waals surface area contributed by atoms with Crippen molar-refractivity contribution >= 4 is 22.3 Å². The van der Waals surface area contributed by atoms with Crippen LogP contribution in [-0.4, -0.2) is 26.3 Å². The van der Waals surface area contributed by atoms with Crippen LogP contribution in [-0.2, 0) is 0 Å². The van der Waals surface area contributed by atoms with Crippen molar-refractivity contribution in [2.24, 2.45) is 0 Å². The quantitative estimate of drug-likeness (QED) is 0.404. The van der Waals surface area contributed by atoms with Crippen LogP contribution in [0.3, 0.4) is 0 Å². The molecule has 0 spiro atoms. The van der Waals surface area contributed by atoms with Crippen molar-refractivity contribution < 1.29 is 18.9 Å². The van der Waals surface area contributed by atoms with E-state index in [9.17, 15) is 5.26 Å². The lowest BCUT2D eigenvalue weighted by atomic mass is 9.81. The maximum atomic E-state index is 9.68. The molecule has 4 N–H and O–H groups in total. The van der Waals surface area contributed by atoms with Crippen LogP contribution >= 0.6 is 0 Å². The third-order valence-corrected chi connectivity index (χ3v) is 6.11. The molecule has 5 rings (SSSR count). The molecule has 3 aromatic carbocycles. The first kappa shape index (κ1) is 21.2. The van der Waals surface area contributed by atoms with Gasteiger partial charge in [-0.25, -0.2) is 0 Å². The summed E-state index contributed by atoms with van der Waals surface area (Å²) in [4.78, 5) is 4.41. The number of nitrogen functional groups attached to an aromatic ring is 2. The number of hydrogen-bond acceptors (Lipinski definition) is 8. The van der Waals surface area contributed by atoms with Crippen molar-refractivity contribution in [1.82, 2.24) is 4.98 Å². The van der Waals surface area contributed by atoms with Crippen molar-refractivity contribution in [3.63, 3.8) is 0 Å². The van der Waals surface area contributed by atoms with Gasteiger partial charge in [0.25, 0.3) is 0 Å². The summed E-state index contributed by atoms with van der Waals surface area (Å²) >= 11 is 0. The largest absolute Gasteiger partial charge is 0.493 e. The van der Waals surface area contributed by atoms with Crippen molar-refractivity contribution in [3.05, 3.63) is 70.8 Å². The fourth-order valence-electron chi connectivity index (χ4n) is 4.56. The minimum absolute atomic E-state index is 0.0195. The molecule has 0 fully saturated rings. The Morgan fingerprint density at radius 3 is 2.32 bits per heavy atom. The summed E-state index contributed by atoms with van der Waals surface area (Å²) in [7, 11) is 4.67. The zero-order valence-corrected chi connectivity index (χ0v) is 18.9. The average Bonchev–Trinajstić information content (AvgIpc) is 2.86. The molecule has 0 saturated heterocycles. The third-order valence-electron chi connectivity index (χ3n) is 6.11. The lowest BCUT2D eigenvalue weighted by Gasteiger charge is -2.31. The molecule has 8 nitrogen and oxygen atoms in total. The van der Waals surface area contributed by atoms with Crippen LogP contribution in [0, 0.1) is 11.3 Å². The van der Waals surface area contributed by atoms with E-state index in [2.05, 4.69) is 11.1 Å². The normalized spacial score (nSPS) is 13.9. The Morgan fingerprint density at radius 1 is 0.971 bits per heavy atom. The molecule has 0 saturated carbocycles. The molecule has 1 aromatic heterocycles. The summed E-state index contributed by atoms with van der Waals surface area (Å²) in [5.41, 5.74) is 15.1. The number of fused-ring (bicyclic) bond motifs is 4.